The van der Waals surface area contributed by atoms with Gasteiger partial charge in [0.25, 0.3) is 5.91 Å². The highest BCUT2D eigenvalue weighted by molar-refractivity contribution is 6.17. The van der Waals surface area contributed by atoms with E-state index in [4.69, 9.17) is 0 Å². The quantitative estimate of drug-likeness (QED) is 0.240. The highest BCUT2D eigenvalue weighted by Gasteiger charge is 2.24. The molecule has 0 atom stereocenters. The van der Waals surface area contributed by atoms with Gasteiger partial charge in [-0.05, 0) is 0 Å². The van der Waals surface area contributed by atoms with Crippen molar-refractivity contribution in [2.45, 2.75) is 6.42 Å². The van der Waals surface area contributed by atoms with Crippen molar-refractivity contribution >= 4 is 17.8 Å². The third-order valence-electron chi connectivity index (χ3n) is 0.988. The summed E-state index contributed by atoms with van der Waals surface area (Å²) >= 11 is 0. The molecule has 0 bridgehead atoms. The molecule has 0 spiro atoms. The molecule has 3 N–H and O–H groups in total. The van der Waals surface area contributed by atoms with Crippen molar-refractivity contribution in [1.82, 2.24) is 5.32 Å². The van der Waals surface area contributed by atoms with E-state index in [0.29, 0.717) is 0 Å². The van der Waals surface area contributed by atoms with E-state index >= 15 is 0 Å². The van der Waals surface area contributed by atoms with E-state index in [2.05, 4.69) is 0 Å². The van der Waals surface area contributed by atoms with Gasteiger partial charge in [-0.3, -0.25) is 14.9 Å². The zero-order valence-corrected chi connectivity index (χ0v) is 4.93. The summed E-state index contributed by atoms with van der Waals surface area (Å²) in [6, 6.07) is 0. The SMILES string of the molecule is O.O=C=C1CC(=O)NC1=O. The molecule has 1 heterocycles. The number of amides is 2. The predicted molar refractivity (Wildman–Crippen MR) is 30.6 cm³/mol. The molecule has 0 saturated carbocycles. The third kappa shape index (κ3) is 1.28. The molecule has 0 radical (unpaired) electrons. The monoisotopic (exact) mass is 143 g/mol. The summed E-state index contributed by atoms with van der Waals surface area (Å²) in [6.07, 6.45) is -0.123. The molecule has 1 fully saturated rings. The van der Waals surface area contributed by atoms with E-state index < -0.39 is 11.8 Å². The van der Waals surface area contributed by atoms with Crippen LogP contribution in [0.1, 0.15) is 6.42 Å². The highest BCUT2D eigenvalue weighted by atomic mass is 16.2. The van der Waals surface area contributed by atoms with Gasteiger partial charge in [0.15, 0.2) is 0 Å². The van der Waals surface area contributed by atoms with Gasteiger partial charge in [0.2, 0.25) is 5.91 Å². The molecular weight excluding hydrogens is 138 g/mol. The number of carbonyl (C=O) groups excluding carboxylic acids is 3. The lowest BCUT2D eigenvalue weighted by Crippen LogP contribution is -2.19. The minimum absolute atomic E-state index is 0. The number of imide groups is 1. The molecule has 2 amide bonds. The predicted octanol–water partition coefficient (Wildman–Crippen LogP) is -2.03. The Morgan fingerprint density at radius 1 is 1.40 bits per heavy atom. The summed E-state index contributed by atoms with van der Waals surface area (Å²) in [4.78, 5) is 30.5. The third-order valence-corrected chi connectivity index (χ3v) is 0.988. The van der Waals surface area contributed by atoms with Crippen LogP contribution in [-0.4, -0.2) is 23.2 Å². The van der Waals surface area contributed by atoms with Crippen molar-refractivity contribution in [3.63, 3.8) is 0 Å². The normalized spacial score (nSPS) is 15.8. The van der Waals surface area contributed by atoms with Crippen molar-refractivity contribution in [3.8, 4) is 0 Å². The molecule has 0 aromatic heterocycles. The largest absolute Gasteiger partial charge is 0.412 e. The lowest BCUT2D eigenvalue weighted by molar-refractivity contribution is -0.124. The van der Waals surface area contributed by atoms with E-state index in [0.717, 1.165) is 0 Å². The fourth-order valence-electron chi connectivity index (χ4n) is 0.570. The lowest BCUT2D eigenvalue weighted by Gasteiger charge is -1.79. The van der Waals surface area contributed by atoms with Gasteiger partial charge < -0.3 is 5.48 Å². The van der Waals surface area contributed by atoms with E-state index in [1.807, 2.05) is 5.32 Å². The summed E-state index contributed by atoms with van der Waals surface area (Å²) in [7, 11) is 0. The Hall–Kier alpha value is -1.45. The first-order valence-electron chi connectivity index (χ1n) is 2.32. The summed E-state index contributed by atoms with van der Waals surface area (Å²) in [5, 5.41) is 1.94. The van der Waals surface area contributed by atoms with Gasteiger partial charge in [-0.25, -0.2) is 4.79 Å². The number of rotatable bonds is 0. The first-order valence-corrected chi connectivity index (χ1v) is 2.32. The standard InChI is InChI=1S/C5H3NO3.H2O/c7-2-3-1-4(8)6-5(3)9;/h1H2,(H,6,8,9);1H2. The van der Waals surface area contributed by atoms with Gasteiger partial charge in [-0.15, -0.1) is 0 Å². The van der Waals surface area contributed by atoms with Crippen LogP contribution in [0.5, 0.6) is 0 Å². The molecule has 0 aromatic rings. The first-order chi connectivity index (χ1) is 4.24. The van der Waals surface area contributed by atoms with Crippen molar-refractivity contribution in [1.29, 1.82) is 0 Å². The number of carbonyl (C=O) groups is 2. The Balaban J connectivity index is 0.000000810. The molecule has 5 heteroatoms. The molecule has 1 saturated heterocycles. The van der Waals surface area contributed by atoms with E-state index in [1.165, 1.54) is 5.94 Å². The van der Waals surface area contributed by atoms with Gasteiger partial charge in [-0.2, -0.15) is 0 Å². The maximum absolute atomic E-state index is 10.4. The van der Waals surface area contributed by atoms with Gasteiger partial charge in [0, 0.05) is 0 Å². The second-order valence-electron chi connectivity index (χ2n) is 1.63. The molecule has 0 aliphatic carbocycles. The van der Waals surface area contributed by atoms with Crippen LogP contribution in [0.2, 0.25) is 0 Å². The zero-order chi connectivity index (χ0) is 6.85. The van der Waals surface area contributed by atoms with Crippen LogP contribution in [0.25, 0.3) is 0 Å². The zero-order valence-electron chi connectivity index (χ0n) is 4.93. The van der Waals surface area contributed by atoms with Crippen LogP contribution in [0.3, 0.4) is 0 Å². The van der Waals surface area contributed by atoms with Gasteiger partial charge in [0.1, 0.15) is 11.5 Å². The number of hydrogen-bond acceptors (Lipinski definition) is 3. The summed E-state index contributed by atoms with van der Waals surface area (Å²) in [5.74, 6) is 0.330. The Morgan fingerprint density at radius 2 is 2.00 bits per heavy atom. The molecule has 54 valence electrons. The Labute approximate surface area is 56.0 Å². The Morgan fingerprint density at radius 3 is 2.20 bits per heavy atom. The second kappa shape index (κ2) is 2.91. The Bertz CT molecular complexity index is 226. The first kappa shape index (κ1) is 8.55. The fourth-order valence-corrected chi connectivity index (χ4v) is 0.570. The molecular formula is C5H5NO4. The van der Waals surface area contributed by atoms with Crippen molar-refractivity contribution in [2.75, 3.05) is 0 Å². The fraction of sp³-hybridized carbons (Fsp3) is 0.200. The van der Waals surface area contributed by atoms with Gasteiger partial charge in [0.05, 0.1) is 6.42 Å². The topological polar surface area (TPSA) is 94.7 Å². The highest BCUT2D eigenvalue weighted by Crippen LogP contribution is 2.03. The minimum atomic E-state index is -0.616. The van der Waals surface area contributed by atoms with Crippen LogP contribution in [-0.2, 0) is 14.4 Å². The average Bonchev–Trinajstić information content (AvgIpc) is 2.10. The van der Waals surface area contributed by atoms with Gasteiger partial charge in [-0.1, -0.05) is 0 Å². The maximum Gasteiger partial charge on any atom is 0.265 e. The summed E-state index contributed by atoms with van der Waals surface area (Å²) in [6.45, 7) is 0. The van der Waals surface area contributed by atoms with E-state index in [-0.39, 0.29) is 17.5 Å². The van der Waals surface area contributed by atoms with Crippen molar-refractivity contribution < 1.29 is 19.9 Å². The van der Waals surface area contributed by atoms with Crippen LogP contribution < -0.4 is 5.32 Å². The molecule has 1 aliphatic heterocycles. The smallest absolute Gasteiger partial charge is 0.265 e. The van der Waals surface area contributed by atoms with Crippen LogP contribution in [0.4, 0.5) is 0 Å². The summed E-state index contributed by atoms with van der Waals surface area (Å²) < 4.78 is 0. The molecule has 10 heavy (non-hydrogen) atoms. The number of hydrogen-bond donors (Lipinski definition) is 1. The molecule has 1 rings (SSSR count). The maximum atomic E-state index is 10.4. The van der Waals surface area contributed by atoms with E-state index in [1.54, 1.807) is 0 Å². The summed E-state index contributed by atoms with van der Waals surface area (Å²) in [5.41, 5.74) is -0.111. The van der Waals surface area contributed by atoms with Crippen LogP contribution >= 0.6 is 0 Å². The molecule has 0 aromatic carbocycles. The van der Waals surface area contributed by atoms with Crippen LogP contribution in [0, 0.1) is 0 Å². The second-order valence-corrected chi connectivity index (χ2v) is 1.63. The lowest BCUT2D eigenvalue weighted by atomic mass is 10.3. The Kier molecular flexibility index (Phi) is 2.49. The number of nitrogens with one attached hydrogen (secondary N) is 1. The van der Waals surface area contributed by atoms with Crippen molar-refractivity contribution in [2.24, 2.45) is 0 Å². The van der Waals surface area contributed by atoms with Crippen LogP contribution in [0.15, 0.2) is 5.57 Å². The average molecular weight is 143 g/mol. The minimum Gasteiger partial charge on any atom is -0.412 e. The van der Waals surface area contributed by atoms with Gasteiger partial charge >= 0.3 is 0 Å². The van der Waals surface area contributed by atoms with Crippen molar-refractivity contribution in [3.05, 3.63) is 5.57 Å². The molecule has 0 unspecified atom stereocenters. The van der Waals surface area contributed by atoms with E-state index in [9.17, 15) is 14.4 Å². The molecule has 1 aliphatic rings. The molecule has 5 nitrogen and oxygen atoms in total.